The molecule has 2 aliphatic rings. The van der Waals surface area contributed by atoms with Crippen molar-refractivity contribution in [2.24, 2.45) is 5.92 Å². The van der Waals surface area contributed by atoms with E-state index in [-0.39, 0.29) is 30.0 Å². The van der Waals surface area contributed by atoms with Crippen molar-refractivity contribution in [3.63, 3.8) is 0 Å². The highest BCUT2D eigenvalue weighted by molar-refractivity contribution is 5.80. The van der Waals surface area contributed by atoms with E-state index in [0.29, 0.717) is 45.6 Å². The summed E-state index contributed by atoms with van der Waals surface area (Å²) in [6.45, 7) is 8.19. The van der Waals surface area contributed by atoms with Crippen LogP contribution in [0.4, 0.5) is 9.59 Å². The second-order valence-corrected chi connectivity index (χ2v) is 10.0. The second-order valence-electron chi connectivity index (χ2n) is 10.0. The molecule has 0 aliphatic carbocycles. The molecular formula is C25H38N4O5. The maximum Gasteiger partial charge on any atom is 0.410 e. The summed E-state index contributed by atoms with van der Waals surface area (Å²) in [5, 5.41) is 5.89. The zero-order valence-corrected chi connectivity index (χ0v) is 20.8. The van der Waals surface area contributed by atoms with Gasteiger partial charge in [-0.15, -0.1) is 0 Å². The van der Waals surface area contributed by atoms with Gasteiger partial charge in [0.15, 0.2) is 0 Å². The van der Waals surface area contributed by atoms with Gasteiger partial charge in [-0.25, -0.2) is 9.59 Å². The maximum atomic E-state index is 13.1. The Labute approximate surface area is 202 Å². The number of piperidine rings is 2. The molecule has 188 valence electrons. The molecule has 9 nitrogen and oxygen atoms in total. The zero-order valence-electron chi connectivity index (χ0n) is 20.8. The van der Waals surface area contributed by atoms with Gasteiger partial charge in [-0.05, 0) is 64.2 Å². The van der Waals surface area contributed by atoms with E-state index in [2.05, 4.69) is 10.6 Å². The molecule has 2 saturated heterocycles. The highest BCUT2D eigenvalue weighted by Gasteiger charge is 2.34. The minimum absolute atomic E-state index is 0.0320. The Kier molecular flexibility index (Phi) is 8.63. The summed E-state index contributed by atoms with van der Waals surface area (Å²) in [4.78, 5) is 41.3. The van der Waals surface area contributed by atoms with E-state index in [9.17, 15) is 14.4 Å². The number of hydrogen-bond donors (Lipinski definition) is 2. The first-order valence-corrected chi connectivity index (χ1v) is 12.1. The SMILES string of the molecule is COc1ccc(CNC(=O)NC2CCN(C(=O)C3CCCN(C(=O)OC(C)(C)C)C3)CC2)cc1. The van der Waals surface area contributed by atoms with Crippen LogP contribution >= 0.6 is 0 Å². The summed E-state index contributed by atoms with van der Waals surface area (Å²) in [5.74, 6) is 0.675. The lowest BCUT2D eigenvalue weighted by Gasteiger charge is -2.38. The van der Waals surface area contributed by atoms with Gasteiger partial charge in [0.2, 0.25) is 5.91 Å². The van der Waals surface area contributed by atoms with Crippen LogP contribution in [0.15, 0.2) is 24.3 Å². The second kappa shape index (κ2) is 11.4. The van der Waals surface area contributed by atoms with E-state index in [1.165, 1.54) is 0 Å². The van der Waals surface area contributed by atoms with Crippen LogP contribution < -0.4 is 15.4 Å². The van der Waals surface area contributed by atoms with E-state index in [1.807, 2.05) is 49.9 Å². The molecule has 2 heterocycles. The number of hydrogen-bond acceptors (Lipinski definition) is 5. The summed E-state index contributed by atoms with van der Waals surface area (Å²) in [7, 11) is 1.62. The van der Waals surface area contributed by atoms with Gasteiger partial charge in [0.05, 0.1) is 13.0 Å². The lowest BCUT2D eigenvalue weighted by molar-refractivity contribution is -0.138. The molecule has 0 radical (unpaired) electrons. The fourth-order valence-electron chi connectivity index (χ4n) is 4.34. The van der Waals surface area contributed by atoms with Gasteiger partial charge in [0.1, 0.15) is 11.4 Å². The molecule has 2 aliphatic heterocycles. The molecular weight excluding hydrogens is 436 g/mol. The minimum atomic E-state index is -0.552. The number of rotatable bonds is 5. The number of amides is 4. The predicted octanol–water partition coefficient (Wildman–Crippen LogP) is 3.13. The fourth-order valence-corrected chi connectivity index (χ4v) is 4.34. The molecule has 0 bridgehead atoms. The molecule has 2 N–H and O–H groups in total. The van der Waals surface area contributed by atoms with Crippen LogP contribution in [0.2, 0.25) is 0 Å². The van der Waals surface area contributed by atoms with Crippen molar-refractivity contribution >= 4 is 18.0 Å². The van der Waals surface area contributed by atoms with Crippen molar-refractivity contribution in [3.05, 3.63) is 29.8 Å². The van der Waals surface area contributed by atoms with Gasteiger partial charge in [-0.2, -0.15) is 0 Å². The fraction of sp³-hybridized carbons (Fsp3) is 0.640. The Bertz CT molecular complexity index is 844. The highest BCUT2D eigenvalue weighted by atomic mass is 16.6. The topological polar surface area (TPSA) is 100 Å². The molecule has 2 fully saturated rings. The number of methoxy groups -OCH3 is 1. The van der Waals surface area contributed by atoms with Crippen LogP contribution in [0.3, 0.4) is 0 Å². The summed E-state index contributed by atoms with van der Waals surface area (Å²) in [5.41, 5.74) is 0.438. The Morgan fingerprint density at radius 1 is 1.00 bits per heavy atom. The molecule has 1 aromatic rings. The monoisotopic (exact) mass is 474 g/mol. The quantitative estimate of drug-likeness (QED) is 0.683. The van der Waals surface area contributed by atoms with Crippen LogP contribution in [-0.4, -0.2) is 72.8 Å². The van der Waals surface area contributed by atoms with Crippen LogP contribution in [0, 0.1) is 5.92 Å². The van der Waals surface area contributed by atoms with Crippen LogP contribution in [-0.2, 0) is 16.1 Å². The van der Waals surface area contributed by atoms with Crippen molar-refractivity contribution in [1.29, 1.82) is 0 Å². The maximum absolute atomic E-state index is 13.1. The number of likely N-dealkylation sites (tertiary alicyclic amines) is 2. The lowest BCUT2D eigenvalue weighted by atomic mass is 9.95. The standard InChI is InChI=1S/C25H38N4O5/c1-25(2,3)34-24(32)29-13-5-6-19(17-29)22(30)28-14-11-20(12-15-28)27-23(31)26-16-18-7-9-21(33-4)10-8-18/h7-10,19-20H,5-6,11-17H2,1-4H3,(H2,26,27,31). The highest BCUT2D eigenvalue weighted by Crippen LogP contribution is 2.23. The smallest absolute Gasteiger partial charge is 0.410 e. The van der Waals surface area contributed by atoms with E-state index in [1.54, 1.807) is 12.0 Å². The van der Waals surface area contributed by atoms with Gasteiger partial charge >= 0.3 is 12.1 Å². The molecule has 9 heteroatoms. The first kappa shape index (κ1) is 25.6. The number of carbonyl (C=O) groups is 3. The first-order chi connectivity index (χ1) is 16.1. The Hall–Kier alpha value is -2.97. The molecule has 4 amide bonds. The first-order valence-electron chi connectivity index (χ1n) is 12.1. The number of benzene rings is 1. The largest absolute Gasteiger partial charge is 0.497 e. The third-order valence-corrected chi connectivity index (χ3v) is 6.18. The number of nitrogens with zero attached hydrogens (tertiary/aromatic N) is 2. The molecule has 1 unspecified atom stereocenters. The van der Waals surface area contributed by atoms with Gasteiger partial charge in [-0.3, -0.25) is 4.79 Å². The average molecular weight is 475 g/mol. The molecule has 1 atom stereocenters. The number of urea groups is 1. The molecule has 0 aromatic heterocycles. The molecule has 34 heavy (non-hydrogen) atoms. The van der Waals surface area contributed by atoms with Crippen molar-refractivity contribution < 1.29 is 23.9 Å². The van der Waals surface area contributed by atoms with Gasteiger partial charge in [-0.1, -0.05) is 12.1 Å². The lowest BCUT2D eigenvalue weighted by Crippen LogP contribution is -2.52. The molecule has 0 saturated carbocycles. The molecule has 1 aromatic carbocycles. The van der Waals surface area contributed by atoms with Gasteiger partial charge in [0.25, 0.3) is 0 Å². The van der Waals surface area contributed by atoms with Crippen molar-refractivity contribution in [2.45, 2.75) is 64.6 Å². The average Bonchev–Trinajstić information content (AvgIpc) is 2.82. The van der Waals surface area contributed by atoms with E-state index in [0.717, 1.165) is 24.2 Å². The normalized spacial score (nSPS) is 19.4. The molecule has 0 spiro atoms. The van der Waals surface area contributed by atoms with Crippen LogP contribution in [0.1, 0.15) is 52.0 Å². The Morgan fingerprint density at radius 2 is 1.68 bits per heavy atom. The number of ether oxygens (including phenoxy) is 2. The molecule has 3 rings (SSSR count). The summed E-state index contributed by atoms with van der Waals surface area (Å²) in [6.07, 6.45) is 2.65. The zero-order chi connectivity index (χ0) is 24.7. The minimum Gasteiger partial charge on any atom is -0.497 e. The Balaban J connectivity index is 1.40. The van der Waals surface area contributed by atoms with E-state index >= 15 is 0 Å². The Morgan fingerprint density at radius 3 is 2.29 bits per heavy atom. The third-order valence-electron chi connectivity index (χ3n) is 6.18. The van der Waals surface area contributed by atoms with E-state index in [4.69, 9.17) is 9.47 Å². The van der Waals surface area contributed by atoms with Gasteiger partial charge < -0.3 is 29.9 Å². The van der Waals surface area contributed by atoms with Gasteiger partial charge in [0, 0.05) is 38.8 Å². The summed E-state index contributed by atoms with van der Waals surface area (Å²) < 4.78 is 10.6. The summed E-state index contributed by atoms with van der Waals surface area (Å²) in [6, 6.07) is 7.38. The van der Waals surface area contributed by atoms with E-state index < -0.39 is 5.60 Å². The van der Waals surface area contributed by atoms with Crippen LogP contribution in [0.25, 0.3) is 0 Å². The van der Waals surface area contributed by atoms with Crippen molar-refractivity contribution in [2.75, 3.05) is 33.3 Å². The number of nitrogens with one attached hydrogen (secondary N) is 2. The summed E-state index contributed by atoms with van der Waals surface area (Å²) >= 11 is 0. The van der Waals surface area contributed by atoms with Crippen molar-refractivity contribution in [1.82, 2.24) is 20.4 Å². The predicted molar refractivity (Wildman–Crippen MR) is 128 cm³/mol. The van der Waals surface area contributed by atoms with Crippen LogP contribution in [0.5, 0.6) is 5.75 Å². The third kappa shape index (κ3) is 7.53. The van der Waals surface area contributed by atoms with Crippen molar-refractivity contribution in [3.8, 4) is 5.75 Å². The number of carbonyl (C=O) groups excluding carboxylic acids is 3.